The van der Waals surface area contributed by atoms with Gasteiger partial charge in [-0.15, -0.1) is 0 Å². The van der Waals surface area contributed by atoms with Gasteiger partial charge in [0, 0.05) is 0 Å². The van der Waals surface area contributed by atoms with Gasteiger partial charge in [0.05, 0.1) is 0 Å². The van der Waals surface area contributed by atoms with Crippen molar-refractivity contribution < 1.29 is 4.39 Å². The van der Waals surface area contributed by atoms with E-state index in [-0.39, 0.29) is 5.83 Å². The number of rotatable bonds is 3. The minimum Gasteiger partial charge on any atom is -0.207 e. The molecular weight excluding hydrogens is 139 g/mol. The van der Waals surface area contributed by atoms with E-state index in [1.807, 2.05) is 26.0 Å². The van der Waals surface area contributed by atoms with E-state index in [2.05, 4.69) is 6.58 Å². The van der Waals surface area contributed by atoms with E-state index in [4.69, 9.17) is 0 Å². The molecule has 0 unspecified atom stereocenters. The summed E-state index contributed by atoms with van der Waals surface area (Å²) in [6.07, 6.45) is 8.09. The molecule has 0 radical (unpaired) electrons. The van der Waals surface area contributed by atoms with Crippen molar-refractivity contribution in [3.8, 4) is 0 Å². The SMILES string of the molecule is C=C\C(F)=C/C=C(C)/C=C/C. The van der Waals surface area contributed by atoms with Gasteiger partial charge in [-0.3, -0.25) is 0 Å². The average molecular weight is 152 g/mol. The molecule has 0 aromatic carbocycles. The molecule has 0 aliphatic carbocycles. The predicted molar refractivity (Wildman–Crippen MR) is 48.0 cm³/mol. The highest BCUT2D eigenvalue weighted by atomic mass is 19.1. The van der Waals surface area contributed by atoms with Crippen molar-refractivity contribution in [3.63, 3.8) is 0 Å². The van der Waals surface area contributed by atoms with Crippen LogP contribution in [-0.2, 0) is 0 Å². The summed E-state index contributed by atoms with van der Waals surface area (Å²) in [7, 11) is 0. The van der Waals surface area contributed by atoms with Gasteiger partial charge in [0.25, 0.3) is 0 Å². The van der Waals surface area contributed by atoms with Gasteiger partial charge in [-0.2, -0.15) is 0 Å². The second-order valence-corrected chi connectivity index (χ2v) is 2.17. The molecule has 0 aliphatic heterocycles. The number of hydrogen-bond acceptors (Lipinski definition) is 0. The van der Waals surface area contributed by atoms with E-state index in [0.717, 1.165) is 5.57 Å². The van der Waals surface area contributed by atoms with Crippen LogP contribution in [0.5, 0.6) is 0 Å². The lowest BCUT2D eigenvalue weighted by Gasteiger charge is -1.86. The number of hydrogen-bond donors (Lipinski definition) is 0. The molecule has 0 aromatic heterocycles. The lowest BCUT2D eigenvalue weighted by Crippen LogP contribution is -1.66. The highest BCUT2D eigenvalue weighted by Gasteiger charge is 1.81. The summed E-state index contributed by atoms with van der Waals surface area (Å²) in [5.41, 5.74) is 1.02. The van der Waals surface area contributed by atoms with Crippen molar-refractivity contribution in [3.05, 3.63) is 48.4 Å². The van der Waals surface area contributed by atoms with Crippen LogP contribution in [0.1, 0.15) is 13.8 Å². The monoisotopic (exact) mass is 152 g/mol. The van der Waals surface area contributed by atoms with E-state index in [9.17, 15) is 4.39 Å². The smallest absolute Gasteiger partial charge is 0.122 e. The Morgan fingerprint density at radius 3 is 2.45 bits per heavy atom. The number of halogens is 1. The standard InChI is InChI=1S/C10H13F/c1-4-6-9(3)7-8-10(11)5-2/h4-8H,2H2,1,3H3/b6-4+,9-7+,10-8+. The Morgan fingerprint density at radius 2 is 2.00 bits per heavy atom. The molecule has 1 heteroatoms. The van der Waals surface area contributed by atoms with Crippen LogP contribution in [0.3, 0.4) is 0 Å². The van der Waals surface area contributed by atoms with E-state index >= 15 is 0 Å². The minimum absolute atomic E-state index is 0.311. The summed E-state index contributed by atoms with van der Waals surface area (Å²) in [6, 6.07) is 0. The van der Waals surface area contributed by atoms with E-state index in [1.165, 1.54) is 12.2 Å². The Hall–Kier alpha value is -1.11. The molecule has 0 aliphatic rings. The summed E-state index contributed by atoms with van der Waals surface area (Å²) in [5.74, 6) is -0.311. The first-order valence-electron chi connectivity index (χ1n) is 3.50. The Kier molecular flexibility index (Phi) is 5.09. The van der Waals surface area contributed by atoms with Crippen molar-refractivity contribution in [1.29, 1.82) is 0 Å². The van der Waals surface area contributed by atoms with E-state index in [1.54, 1.807) is 6.08 Å². The molecule has 0 rings (SSSR count). The molecule has 60 valence electrons. The normalized spacial score (nSPS) is 14.1. The third-order valence-electron chi connectivity index (χ3n) is 1.13. The fourth-order valence-corrected chi connectivity index (χ4v) is 0.598. The number of allylic oxidation sites excluding steroid dienone is 7. The fourth-order valence-electron chi connectivity index (χ4n) is 0.598. The van der Waals surface area contributed by atoms with Crippen LogP contribution in [0, 0.1) is 0 Å². The Balaban J connectivity index is 4.21. The van der Waals surface area contributed by atoms with Crippen LogP contribution in [-0.4, -0.2) is 0 Å². The third kappa shape index (κ3) is 5.34. The Morgan fingerprint density at radius 1 is 1.36 bits per heavy atom. The van der Waals surface area contributed by atoms with Crippen molar-refractivity contribution >= 4 is 0 Å². The van der Waals surface area contributed by atoms with E-state index in [0.29, 0.717) is 0 Å². The Bertz CT molecular complexity index is 207. The van der Waals surface area contributed by atoms with Crippen molar-refractivity contribution in [1.82, 2.24) is 0 Å². The van der Waals surface area contributed by atoms with Gasteiger partial charge >= 0.3 is 0 Å². The maximum atomic E-state index is 12.4. The van der Waals surface area contributed by atoms with Crippen LogP contribution >= 0.6 is 0 Å². The largest absolute Gasteiger partial charge is 0.207 e. The molecule has 0 aromatic rings. The molecule has 0 fully saturated rings. The van der Waals surface area contributed by atoms with Crippen molar-refractivity contribution in [2.75, 3.05) is 0 Å². The van der Waals surface area contributed by atoms with E-state index < -0.39 is 0 Å². The second-order valence-electron chi connectivity index (χ2n) is 2.17. The maximum absolute atomic E-state index is 12.4. The molecule has 0 saturated heterocycles. The molecule has 0 N–H and O–H groups in total. The molecule has 0 amide bonds. The van der Waals surface area contributed by atoms with Crippen LogP contribution in [0.2, 0.25) is 0 Å². The topological polar surface area (TPSA) is 0 Å². The highest BCUT2D eigenvalue weighted by Crippen LogP contribution is 2.00. The lowest BCUT2D eigenvalue weighted by atomic mass is 10.2. The van der Waals surface area contributed by atoms with Gasteiger partial charge in [-0.1, -0.05) is 30.4 Å². The van der Waals surface area contributed by atoms with Crippen LogP contribution < -0.4 is 0 Å². The lowest BCUT2D eigenvalue weighted by molar-refractivity contribution is 0.668. The average Bonchev–Trinajstić information content (AvgIpc) is 2.01. The second kappa shape index (κ2) is 5.66. The molecule has 0 nitrogen and oxygen atoms in total. The minimum atomic E-state index is -0.311. The first-order valence-corrected chi connectivity index (χ1v) is 3.50. The van der Waals surface area contributed by atoms with Gasteiger partial charge in [0.1, 0.15) is 5.83 Å². The maximum Gasteiger partial charge on any atom is 0.122 e. The molecule has 0 saturated carbocycles. The predicted octanol–water partition coefficient (Wildman–Crippen LogP) is 3.55. The van der Waals surface area contributed by atoms with Crippen molar-refractivity contribution in [2.24, 2.45) is 0 Å². The van der Waals surface area contributed by atoms with Crippen LogP contribution in [0.15, 0.2) is 48.4 Å². The summed E-state index contributed by atoms with van der Waals surface area (Å²) < 4.78 is 12.4. The summed E-state index contributed by atoms with van der Waals surface area (Å²) in [4.78, 5) is 0. The zero-order valence-electron chi connectivity index (χ0n) is 6.97. The molecule has 0 atom stereocenters. The van der Waals surface area contributed by atoms with Crippen LogP contribution in [0.25, 0.3) is 0 Å². The van der Waals surface area contributed by atoms with Gasteiger partial charge in [0.15, 0.2) is 0 Å². The third-order valence-corrected chi connectivity index (χ3v) is 1.13. The van der Waals surface area contributed by atoms with Gasteiger partial charge < -0.3 is 0 Å². The molecule has 0 bridgehead atoms. The fraction of sp³-hybridized carbons (Fsp3) is 0.200. The first kappa shape index (κ1) is 9.89. The van der Waals surface area contributed by atoms with Gasteiger partial charge in [-0.05, 0) is 26.0 Å². The molecular formula is C10H13F. The quantitative estimate of drug-likeness (QED) is 0.542. The van der Waals surface area contributed by atoms with Gasteiger partial charge in [-0.25, -0.2) is 4.39 Å². The summed E-state index contributed by atoms with van der Waals surface area (Å²) in [5, 5.41) is 0. The summed E-state index contributed by atoms with van der Waals surface area (Å²) >= 11 is 0. The molecule has 0 spiro atoms. The molecule has 11 heavy (non-hydrogen) atoms. The zero-order chi connectivity index (χ0) is 8.69. The van der Waals surface area contributed by atoms with Crippen molar-refractivity contribution in [2.45, 2.75) is 13.8 Å². The molecule has 0 heterocycles. The highest BCUT2D eigenvalue weighted by molar-refractivity contribution is 5.24. The summed E-state index contributed by atoms with van der Waals surface area (Å²) in [6.45, 7) is 7.13. The van der Waals surface area contributed by atoms with Crippen LogP contribution in [0.4, 0.5) is 4.39 Å². The van der Waals surface area contributed by atoms with Gasteiger partial charge in [0.2, 0.25) is 0 Å². The Labute approximate surface area is 67.4 Å². The first-order chi connectivity index (χ1) is 5.20. The zero-order valence-corrected chi connectivity index (χ0v) is 6.97.